The number of rotatable bonds is 3. The van der Waals surface area contributed by atoms with Crippen molar-refractivity contribution >= 4 is 5.78 Å². The van der Waals surface area contributed by atoms with Crippen molar-refractivity contribution in [1.82, 2.24) is 9.88 Å². The average molecular weight is 206 g/mol. The lowest BCUT2D eigenvalue weighted by atomic mass is 10.2. The quantitative estimate of drug-likeness (QED) is 0.562. The van der Waals surface area contributed by atoms with E-state index < -0.39 is 0 Å². The Bertz CT molecular complexity index is 305. The Kier molecular flexibility index (Phi) is 6.89. The minimum atomic E-state index is -0.0747. The molecule has 0 atom stereocenters. The van der Waals surface area contributed by atoms with Gasteiger partial charge in [0.15, 0.2) is 0 Å². The van der Waals surface area contributed by atoms with Gasteiger partial charge in [-0.25, -0.2) is 0 Å². The zero-order valence-electron chi connectivity index (χ0n) is 9.77. The van der Waals surface area contributed by atoms with Crippen molar-refractivity contribution in [2.24, 2.45) is 0 Å². The SMILES string of the molecule is CC.CN(C)/C=C/C(=O)c1ccccn1. The van der Waals surface area contributed by atoms with E-state index in [9.17, 15) is 4.79 Å². The normalized spacial score (nSPS) is 9.33. The molecule has 82 valence electrons. The van der Waals surface area contributed by atoms with Crippen molar-refractivity contribution < 1.29 is 4.79 Å². The van der Waals surface area contributed by atoms with Crippen LogP contribution in [0.1, 0.15) is 24.3 Å². The van der Waals surface area contributed by atoms with E-state index in [1.165, 1.54) is 6.08 Å². The second kappa shape index (κ2) is 7.74. The Morgan fingerprint density at radius 2 is 2.00 bits per heavy atom. The predicted octanol–water partition coefficient (Wildman–Crippen LogP) is 2.37. The number of pyridine rings is 1. The molecular weight excluding hydrogens is 188 g/mol. The van der Waals surface area contributed by atoms with Gasteiger partial charge in [-0.1, -0.05) is 19.9 Å². The van der Waals surface area contributed by atoms with Crippen molar-refractivity contribution in [2.75, 3.05) is 14.1 Å². The Labute approximate surface area is 91.4 Å². The summed E-state index contributed by atoms with van der Waals surface area (Å²) in [6, 6.07) is 5.28. The van der Waals surface area contributed by atoms with Crippen LogP contribution in [0, 0.1) is 0 Å². The van der Waals surface area contributed by atoms with E-state index in [-0.39, 0.29) is 5.78 Å². The van der Waals surface area contributed by atoms with Crippen LogP contribution in [0.4, 0.5) is 0 Å². The van der Waals surface area contributed by atoms with Gasteiger partial charge in [0.2, 0.25) is 5.78 Å². The fourth-order valence-corrected chi connectivity index (χ4v) is 0.811. The molecule has 0 aromatic carbocycles. The molecule has 0 unspecified atom stereocenters. The van der Waals surface area contributed by atoms with E-state index in [0.717, 1.165) is 0 Å². The smallest absolute Gasteiger partial charge is 0.205 e. The summed E-state index contributed by atoms with van der Waals surface area (Å²) in [6.45, 7) is 4.00. The number of carbonyl (C=O) groups is 1. The molecule has 0 aliphatic heterocycles. The molecule has 0 aliphatic rings. The minimum Gasteiger partial charge on any atom is -0.383 e. The van der Waals surface area contributed by atoms with Crippen LogP contribution < -0.4 is 0 Å². The zero-order chi connectivity index (χ0) is 11.7. The highest BCUT2D eigenvalue weighted by atomic mass is 16.1. The number of nitrogens with zero attached hydrogens (tertiary/aromatic N) is 2. The number of aromatic nitrogens is 1. The van der Waals surface area contributed by atoms with E-state index in [0.29, 0.717) is 5.69 Å². The van der Waals surface area contributed by atoms with Gasteiger partial charge in [-0.05, 0) is 12.1 Å². The van der Waals surface area contributed by atoms with Crippen molar-refractivity contribution in [3.05, 3.63) is 42.4 Å². The number of hydrogen-bond acceptors (Lipinski definition) is 3. The first-order valence-corrected chi connectivity index (χ1v) is 5.00. The molecule has 0 N–H and O–H groups in total. The third kappa shape index (κ3) is 5.62. The van der Waals surface area contributed by atoms with Crippen LogP contribution in [0.25, 0.3) is 0 Å². The molecular formula is C12H18N2O. The highest BCUT2D eigenvalue weighted by molar-refractivity contribution is 6.02. The fourth-order valence-electron chi connectivity index (χ4n) is 0.811. The molecule has 0 bridgehead atoms. The summed E-state index contributed by atoms with van der Waals surface area (Å²) >= 11 is 0. The first-order valence-electron chi connectivity index (χ1n) is 5.00. The van der Waals surface area contributed by atoms with Crippen molar-refractivity contribution in [3.8, 4) is 0 Å². The molecule has 1 aromatic rings. The standard InChI is InChI=1S/C10H12N2O.C2H6/c1-12(2)8-6-10(13)9-5-3-4-7-11-9;1-2/h3-8H,1-2H3;1-2H3/b8-6+;. The molecule has 1 rings (SSSR count). The molecule has 0 spiro atoms. The molecule has 0 saturated carbocycles. The topological polar surface area (TPSA) is 33.2 Å². The van der Waals surface area contributed by atoms with Gasteiger partial charge in [-0.2, -0.15) is 0 Å². The maximum Gasteiger partial charge on any atom is 0.205 e. The van der Waals surface area contributed by atoms with Gasteiger partial charge >= 0.3 is 0 Å². The van der Waals surface area contributed by atoms with Crippen LogP contribution in [0.15, 0.2) is 36.7 Å². The molecule has 3 nitrogen and oxygen atoms in total. The fraction of sp³-hybridized carbons (Fsp3) is 0.333. The van der Waals surface area contributed by atoms with Gasteiger partial charge in [-0.15, -0.1) is 0 Å². The lowest BCUT2D eigenvalue weighted by molar-refractivity contribution is 0.104. The van der Waals surface area contributed by atoms with Crippen LogP contribution in [0.2, 0.25) is 0 Å². The van der Waals surface area contributed by atoms with Gasteiger partial charge in [0, 0.05) is 32.6 Å². The van der Waals surface area contributed by atoms with Crippen molar-refractivity contribution in [3.63, 3.8) is 0 Å². The summed E-state index contributed by atoms with van der Waals surface area (Å²) in [5.74, 6) is -0.0747. The van der Waals surface area contributed by atoms with Crippen LogP contribution in [0.5, 0.6) is 0 Å². The van der Waals surface area contributed by atoms with Gasteiger partial charge in [-0.3, -0.25) is 9.78 Å². The molecule has 0 fully saturated rings. The van der Waals surface area contributed by atoms with E-state index in [1.807, 2.05) is 27.9 Å². The molecule has 15 heavy (non-hydrogen) atoms. The largest absolute Gasteiger partial charge is 0.383 e. The lowest BCUT2D eigenvalue weighted by Crippen LogP contribution is -2.03. The third-order valence-corrected chi connectivity index (χ3v) is 1.44. The van der Waals surface area contributed by atoms with E-state index in [1.54, 1.807) is 35.5 Å². The molecule has 0 saturated heterocycles. The Morgan fingerprint density at radius 1 is 1.33 bits per heavy atom. The third-order valence-electron chi connectivity index (χ3n) is 1.44. The number of allylic oxidation sites excluding steroid dienone is 1. The van der Waals surface area contributed by atoms with Gasteiger partial charge in [0.25, 0.3) is 0 Å². The Balaban J connectivity index is 0.000000921. The maximum atomic E-state index is 11.4. The number of carbonyl (C=O) groups excluding carboxylic acids is 1. The number of hydrogen-bond donors (Lipinski definition) is 0. The molecule has 0 amide bonds. The Hall–Kier alpha value is -1.64. The van der Waals surface area contributed by atoms with Crippen LogP contribution in [-0.4, -0.2) is 29.8 Å². The van der Waals surface area contributed by atoms with E-state index in [2.05, 4.69) is 4.98 Å². The van der Waals surface area contributed by atoms with Crippen molar-refractivity contribution in [1.29, 1.82) is 0 Å². The molecule has 1 aromatic heterocycles. The summed E-state index contributed by atoms with van der Waals surface area (Å²) in [6.07, 6.45) is 4.82. The second-order valence-corrected chi connectivity index (χ2v) is 2.86. The second-order valence-electron chi connectivity index (χ2n) is 2.86. The average Bonchev–Trinajstić information content (AvgIpc) is 2.30. The molecule has 3 heteroatoms. The van der Waals surface area contributed by atoms with Crippen LogP contribution >= 0.6 is 0 Å². The highest BCUT2D eigenvalue weighted by Crippen LogP contribution is 1.96. The lowest BCUT2D eigenvalue weighted by Gasteiger charge is -2.02. The summed E-state index contributed by atoms with van der Waals surface area (Å²) in [5.41, 5.74) is 0.473. The maximum absolute atomic E-state index is 11.4. The molecule has 0 aliphatic carbocycles. The number of ketones is 1. The molecule has 1 heterocycles. The zero-order valence-corrected chi connectivity index (χ0v) is 9.77. The van der Waals surface area contributed by atoms with Gasteiger partial charge < -0.3 is 4.90 Å². The molecule has 0 radical (unpaired) electrons. The predicted molar refractivity (Wildman–Crippen MR) is 62.7 cm³/mol. The Morgan fingerprint density at radius 3 is 2.47 bits per heavy atom. The van der Waals surface area contributed by atoms with Crippen LogP contribution in [0.3, 0.4) is 0 Å². The summed E-state index contributed by atoms with van der Waals surface area (Å²) in [5, 5.41) is 0. The highest BCUT2D eigenvalue weighted by Gasteiger charge is 2.00. The first kappa shape index (κ1) is 13.4. The van der Waals surface area contributed by atoms with Gasteiger partial charge in [0.1, 0.15) is 5.69 Å². The summed E-state index contributed by atoms with van der Waals surface area (Å²) < 4.78 is 0. The van der Waals surface area contributed by atoms with Gasteiger partial charge in [0.05, 0.1) is 0 Å². The van der Waals surface area contributed by atoms with E-state index in [4.69, 9.17) is 0 Å². The summed E-state index contributed by atoms with van der Waals surface area (Å²) in [4.78, 5) is 17.1. The first-order chi connectivity index (χ1) is 7.20. The summed E-state index contributed by atoms with van der Waals surface area (Å²) in [7, 11) is 3.73. The van der Waals surface area contributed by atoms with Crippen LogP contribution in [-0.2, 0) is 0 Å². The van der Waals surface area contributed by atoms with Crippen molar-refractivity contribution in [2.45, 2.75) is 13.8 Å². The monoisotopic (exact) mass is 206 g/mol. The minimum absolute atomic E-state index is 0.0747. The van der Waals surface area contributed by atoms with E-state index >= 15 is 0 Å².